The molecule has 2 rings (SSSR count). The van der Waals surface area contributed by atoms with Gasteiger partial charge in [0.05, 0.1) is 0 Å². The molecule has 5 nitrogen and oxygen atoms in total. The van der Waals surface area contributed by atoms with Crippen molar-refractivity contribution in [2.24, 2.45) is 0 Å². The maximum Gasteiger partial charge on any atom is 0.348 e. The van der Waals surface area contributed by atoms with Gasteiger partial charge < -0.3 is 14.4 Å². The number of carbonyl (C=O) groups is 2. The predicted octanol–water partition coefficient (Wildman–Crippen LogP) is 2.63. The minimum absolute atomic E-state index is 0.172. The molecule has 0 aromatic heterocycles. The normalized spacial score (nSPS) is 17.1. The van der Waals surface area contributed by atoms with Crippen LogP contribution in [-0.4, -0.2) is 31.8 Å². The zero-order valence-corrected chi connectivity index (χ0v) is 13.0. The first-order chi connectivity index (χ1) is 9.69. The molecule has 6 heteroatoms. The fraction of sp³-hybridized carbons (Fsp3) is 0.333. The third-order valence-electron chi connectivity index (χ3n) is 2.92. The van der Waals surface area contributed by atoms with Crippen LogP contribution in [0.5, 0.6) is 0 Å². The summed E-state index contributed by atoms with van der Waals surface area (Å²) in [7, 11) is 3.78. The lowest BCUT2D eigenvalue weighted by atomic mass is 10.1. The highest BCUT2D eigenvalue weighted by Crippen LogP contribution is 2.28. The van der Waals surface area contributed by atoms with Crippen LogP contribution < -0.4 is 4.90 Å². The van der Waals surface area contributed by atoms with Crippen molar-refractivity contribution in [3.05, 3.63) is 34.4 Å². The second-order valence-corrected chi connectivity index (χ2v) is 5.74. The average Bonchev–Trinajstić information content (AvgIpc) is 2.33. The lowest BCUT2D eigenvalue weighted by Crippen LogP contribution is -2.41. The summed E-state index contributed by atoms with van der Waals surface area (Å²) in [5.74, 6) is -2.68. The minimum atomic E-state index is -1.25. The minimum Gasteiger partial charge on any atom is -0.419 e. The fourth-order valence-electron chi connectivity index (χ4n) is 1.85. The van der Waals surface area contributed by atoms with Gasteiger partial charge in [-0.25, -0.2) is 9.59 Å². The number of rotatable bonds is 2. The Hall–Kier alpha value is -2.01. The molecular formula is C15H16ClNO4. The molecule has 1 heterocycles. The van der Waals surface area contributed by atoms with Crippen molar-refractivity contribution in [2.75, 3.05) is 19.0 Å². The van der Waals surface area contributed by atoms with E-state index in [1.54, 1.807) is 12.1 Å². The summed E-state index contributed by atoms with van der Waals surface area (Å²) in [6.07, 6.45) is 1.38. The van der Waals surface area contributed by atoms with Crippen molar-refractivity contribution in [2.45, 2.75) is 19.6 Å². The smallest absolute Gasteiger partial charge is 0.348 e. The number of hydrogen-bond acceptors (Lipinski definition) is 5. The van der Waals surface area contributed by atoms with E-state index in [2.05, 4.69) is 0 Å². The lowest BCUT2D eigenvalue weighted by Gasteiger charge is -2.29. The third kappa shape index (κ3) is 3.36. The van der Waals surface area contributed by atoms with Crippen molar-refractivity contribution < 1.29 is 19.1 Å². The van der Waals surface area contributed by atoms with E-state index in [0.717, 1.165) is 5.69 Å². The Morgan fingerprint density at radius 3 is 2.19 bits per heavy atom. The summed E-state index contributed by atoms with van der Waals surface area (Å²) in [5, 5.41) is 0.430. The molecule has 21 heavy (non-hydrogen) atoms. The van der Waals surface area contributed by atoms with E-state index in [1.165, 1.54) is 19.9 Å². The quantitative estimate of drug-likeness (QED) is 0.477. The molecule has 0 N–H and O–H groups in total. The molecule has 0 bridgehead atoms. The van der Waals surface area contributed by atoms with Crippen molar-refractivity contribution in [3.8, 4) is 0 Å². The molecule has 112 valence electrons. The highest BCUT2D eigenvalue weighted by Gasteiger charge is 2.38. The predicted molar refractivity (Wildman–Crippen MR) is 80.0 cm³/mol. The standard InChI is InChI=1S/C15H16ClNO4/c1-15(2)20-13(18)11(14(19)21-15)7-9-5-6-10(17(3)4)8-12(9)16/h5-8H,1-4H3. The first kappa shape index (κ1) is 15.4. The SMILES string of the molecule is CN(C)c1ccc(C=C2C(=O)OC(C)(C)OC2=O)c(Cl)c1. The van der Waals surface area contributed by atoms with E-state index in [-0.39, 0.29) is 5.57 Å². The Bertz CT molecular complexity index is 613. The molecule has 1 aromatic rings. The largest absolute Gasteiger partial charge is 0.419 e. The number of carbonyl (C=O) groups excluding carboxylic acids is 2. The molecule has 1 aromatic carbocycles. The first-order valence-electron chi connectivity index (χ1n) is 6.35. The molecule has 0 unspecified atom stereocenters. The summed E-state index contributed by atoms with van der Waals surface area (Å²) in [4.78, 5) is 25.6. The van der Waals surface area contributed by atoms with Crippen LogP contribution in [0.15, 0.2) is 23.8 Å². The van der Waals surface area contributed by atoms with Gasteiger partial charge in [-0.1, -0.05) is 17.7 Å². The van der Waals surface area contributed by atoms with E-state index >= 15 is 0 Å². The number of hydrogen-bond donors (Lipinski definition) is 0. The van der Waals surface area contributed by atoms with Crippen LogP contribution in [-0.2, 0) is 19.1 Å². The van der Waals surface area contributed by atoms with Crippen LogP contribution in [0.25, 0.3) is 6.08 Å². The Kier molecular flexibility index (Phi) is 3.96. The van der Waals surface area contributed by atoms with Gasteiger partial charge in [0.1, 0.15) is 5.57 Å². The van der Waals surface area contributed by atoms with Gasteiger partial charge in [-0.05, 0) is 23.8 Å². The van der Waals surface area contributed by atoms with Crippen molar-refractivity contribution in [1.82, 2.24) is 0 Å². The lowest BCUT2D eigenvalue weighted by molar-refractivity contribution is -0.222. The Labute approximate surface area is 128 Å². The van der Waals surface area contributed by atoms with E-state index < -0.39 is 17.7 Å². The number of cyclic esters (lactones) is 2. The summed E-state index contributed by atoms with van der Waals surface area (Å²) < 4.78 is 10.1. The molecule has 0 aliphatic carbocycles. The van der Waals surface area contributed by atoms with E-state index in [4.69, 9.17) is 21.1 Å². The maximum atomic E-state index is 11.9. The Balaban J connectivity index is 2.36. The molecule has 0 amide bonds. The summed E-state index contributed by atoms with van der Waals surface area (Å²) >= 11 is 6.17. The van der Waals surface area contributed by atoms with Gasteiger partial charge >= 0.3 is 11.9 Å². The van der Waals surface area contributed by atoms with Crippen LogP contribution >= 0.6 is 11.6 Å². The van der Waals surface area contributed by atoms with Crippen LogP contribution in [0.3, 0.4) is 0 Å². The molecule has 0 radical (unpaired) electrons. The van der Waals surface area contributed by atoms with Crippen LogP contribution in [0.4, 0.5) is 5.69 Å². The van der Waals surface area contributed by atoms with Crippen LogP contribution in [0, 0.1) is 0 Å². The highest BCUT2D eigenvalue weighted by atomic mass is 35.5. The Morgan fingerprint density at radius 2 is 1.71 bits per heavy atom. The summed E-state index contributed by atoms with van der Waals surface area (Å²) in [6, 6.07) is 5.31. The van der Waals surface area contributed by atoms with Gasteiger partial charge in [-0.15, -0.1) is 0 Å². The van der Waals surface area contributed by atoms with Gasteiger partial charge in [-0.3, -0.25) is 0 Å². The number of halogens is 1. The molecule has 1 fully saturated rings. The van der Waals surface area contributed by atoms with Crippen LogP contribution in [0.1, 0.15) is 19.4 Å². The van der Waals surface area contributed by atoms with Crippen LogP contribution in [0.2, 0.25) is 5.02 Å². The van der Waals surface area contributed by atoms with Crippen molar-refractivity contribution in [3.63, 3.8) is 0 Å². The Morgan fingerprint density at radius 1 is 1.14 bits per heavy atom. The topological polar surface area (TPSA) is 55.8 Å². The highest BCUT2D eigenvalue weighted by molar-refractivity contribution is 6.33. The molecule has 0 atom stereocenters. The molecule has 1 aliphatic heterocycles. The fourth-order valence-corrected chi connectivity index (χ4v) is 2.07. The zero-order chi connectivity index (χ0) is 15.8. The number of esters is 2. The van der Waals surface area contributed by atoms with E-state index in [0.29, 0.717) is 10.6 Å². The maximum absolute atomic E-state index is 11.9. The van der Waals surface area contributed by atoms with E-state index in [1.807, 2.05) is 25.1 Å². The number of benzene rings is 1. The molecule has 0 spiro atoms. The number of ether oxygens (including phenoxy) is 2. The van der Waals surface area contributed by atoms with Gasteiger partial charge in [0.15, 0.2) is 0 Å². The third-order valence-corrected chi connectivity index (χ3v) is 3.24. The first-order valence-corrected chi connectivity index (χ1v) is 6.73. The second-order valence-electron chi connectivity index (χ2n) is 5.34. The average molecular weight is 310 g/mol. The van der Waals surface area contributed by atoms with Crippen molar-refractivity contribution >= 4 is 35.3 Å². The van der Waals surface area contributed by atoms with Gasteiger partial charge in [0.25, 0.3) is 5.79 Å². The summed E-state index contributed by atoms with van der Waals surface area (Å²) in [6.45, 7) is 3.00. The molecule has 1 aliphatic rings. The monoisotopic (exact) mass is 309 g/mol. The van der Waals surface area contributed by atoms with Crippen molar-refractivity contribution in [1.29, 1.82) is 0 Å². The van der Waals surface area contributed by atoms with E-state index in [9.17, 15) is 9.59 Å². The molecular weight excluding hydrogens is 294 g/mol. The van der Waals surface area contributed by atoms with Gasteiger partial charge in [0, 0.05) is 38.7 Å². The molecule has 1 saturated heterocycles. The summed E-state index contributed by atoms with van der Waals surface area (Å²) in [5.41, 5.74) is 1.29. The zero-order valence-electron chi connectivity index (χ0n) is 12.3. The number of anilines is 1. The van der Waals surface area contributed by atoms with Gasteiger partial charge in [-0.2, -0.15) is 0 Å². The molecule has 0 saturated carbocycles. The second kappa shape index (κ2) is 5.41. The number of nitrogens with zero attached hydrogens (tertiary/aromatic N) is 1. The van der Waals surface area contributed by atoms with Gasteiger partial charge in [0.2, 0.25) is 0 Å².